The maximum Gasteiger partial charge on any atom is 0.144 e. The third-order valence-corrected chi connectivity index (χ3v) is 5.71. The van der Waals surface area contributed by atoms with Crippen molar-refractivity contribution >= 4 is 0 Å². The van der Waals surface area contributed by atoms with E-state index in [0.29, 0.717) is 26.4 Å². The summed E-state index contributed by atoms with van der Waals surface area (Å²) in [7, 11) is 0. The number of hydrogen-bond acceptors (Lipinski definition) is 5. The highest BCUT2D eigenvalue weighted by Crippen LogP contribution is 2.48. The Balaban J connectivity index is 1.33. The minimum absolute atomic E-state index is 0.205. The summed E-state index contributed by atoms with van der Waals surface area (Å²) >= 11 is 0. The quantitative estimate of drug-likeness (QED) is 0.567. The largest absolute Gasteiger partial charge is 0.374 e. The van der Waals surface area contributed by atoms with Gasteiger partial charge in [0.2, 0.25) is 0 Å². The van der Waals surface area contributed by atoms with Crippen molar-refractivity contribution in [2.75, 3.05) is 13.2 Å². The lowest BCUT2D eigenvalue weighted by molar-refractivity contribution is -0.177. The van der Waals surface area contributed by atoms with Crippen molar-refractivity contribution in [1.29, 1.82) is 0 Å². The Kier molecular flexibility index (Phi) is 5.60. The van der Waals surface area contributed by atoms with E-state index in [4.69, 9.17) is 18.9 Å². The van der Waals surface area contributed by atoms with Crippen LogP contribution in [0.3, 0.4) is 0 Å². The molecule has 0 spiro atoms. The Morgan fingerprint density at radius 3 is 2.27 bits per heavy atom. The Labute approximate surface area is 176 Å². The fourth-order valence-corrected chi connectivity index (χ4v) is 4.23. The summed E-state index contributed by atoms with van der Waals surface area (Å²) in [5.74, 6) is 0. The van der Waals surface area contributed by atoms with E-state index in [1.807, 2.05) is 54.6 Å². The van der Waals surface area contributed by atoms with Gasteiger partial charge in [0, 0.05) is 6.20 Å². The predicted octanol–water partition coefficient (Wildman–Crippen LogP) is 4.09. The van der Waals surface area contributed by atoms with Crippen molar-refractivity contribution in [3.05, 3.63) is 102 Å². The zero-order valence-corrected chi connectivity index (χ0v) is 16.7. The summed E-state index contributed by atoms with van der Waals surface area (Å²) < 4.78 is 25.2. The average molecular weight is 403 g/mol. The lowest BCUT2D eigenvalue weighted by atomic mass is 9.98. The highest BCUT2D eigenvalue weighted by Gasteiger charge is 2.63. The van der Waals surface area contributed by atoms with Crippen molar-refractivity contribution < 1.29 is 18.9 Å². The number of pyridine rings is 1. The molecule has 2 aliphatic rings. The molecular formula is C25H25NO4. The average Bonchev–Trinajstić information content (AvgIpc) is 3.31. The lowest BCUT2D eigenvalue weighted by Crippen LogP contribution is -2.46. The maximum absolute atomic E-state index is 6.54. The van der Waals surface area contributed by atoms with Crippen LogP contribution in [0.15, 0.2) is 85.1 Å². The molecule has 2 saturated heterocycles. The first-order valence-corrected chi connectivity index (χ1v) is 10.3. The minimum Gasteiger partial charge on any atom is -0.374 e. The smallest absolute Gasteiger partial charge is 0.144 e. The molecule has 3 aromatic rings. The van der Waals surface area contributed by atoms with Crippen LogP contribution < -0.4 is 0 Å². The van der Waals surface area contributed by atoms with E-state index in [9.17, 15) is 0 Å². The monoisotopic (exact) mass is 403 g/mol. The predicted molar refractivity (Wildman–Crippen MR) is 112 cm³/mol. The molecular weight excluding hydrogens is 378 g/mol. The third-order valence-electron chi connectivity index (χ3n) is 5.71. The molecule has 5 heteroatoms. The molecule has 30 heavy (non-hydrogen) atoms. The summed E-state index contributed by atoms with van der Waals surface area (Å²) in [6.45, 7) is 1.89. The maximum atomic E-state index is 6.54. The van der Waals surface area contributed by atoms with Crippen LogP contribution in [-0.2, 0) is 32.2 Å². The number of fused-ring (bicyclic) bond motifs is 2. The van der Waals surface area contributed by atoms with Crippen molar-refractivity contribution in [2.24, 2.45) is 0 Å². The van der Waals surface area contributed by atoms with Gasteiger partial charge in [0.25, 0.3) is 0 Å². The van der Waals surface area contributed by atoms with Gasteiger partial charge in [-0.1, -0.05) is 66.7 Å². The SMILES string of the molecule is c1ccc(COC[C@@]23CO[C@@H]([C@@H](c4ccccn4)O2)[C@@H]3OCc2ccccc2)cc1. The van der Waals surface area contributed by atoms with Crippen molar-refractivity contribution in [2.45, 2.75) is 37.1 Å². The third kappa shape index (κ3) is 3.89. The highest BCUT2D eigenvalue weighted by molar-refractivity contribution is 5.20. The van der Waals surface area contributed by atoms with Gasteiger partial charge < -0.3 is 18.9 Å². The Morgan fingerprint density at radius 1 is 0.867 bits per heavy atom. The molecule has 0 unspecified atom stereocenters. The molecule has 0 amide bonds. The minimum atomic E-state index is -0.642. The molecule has 0 aliphatic carbocycles. The number of ether oxygens (including phenoxy) is 4. The van der Waals surface area contributed by atoms with Crippen LogP contribution >= 0.6 is 0 Å². The van der Waals surface area contributed by atoms with Gasteiger partial charge in [-0.2, -0.15) is 0 Å². The van der Waals surface area contributed by atoms with Gasteiger partial charge in [-0.15, -0.1) is 0 Å². The van der Waals surface area contributed by atoms with Gasteiger partial charge in [-0.3, -0.25) is 4.98 Å². The van der Waals surface area contributed by atoms with Crippen molar-refractivity contribution in [3.63, 3.8) is 0 Å². The van der Waals surface area contributed by atoms with E-state index >= 15 is 0 Å². The molecule has 2 aromatic carbocycles. The second-order valence-electron chi connectivity index (χ2n) is 7.83. The highest BCUT2D eigenvalue weighted by atomic mass is 16.7. The first-order valence-electron chi connectivity index (χ1n) is 10.3. The van der Waals surface area contributed by atoms with Crippen LogP contribution in [0.25, 0.3) is 0 Å². The first-order chi connectivity index (χ1) is 14.8. The van der Waals surface area contributed by atoms with Crippen LogP contribution in [0.5, 0.6) is 0 Å². The van der Waals surface area contributed by atoms with Gasteiger partial charge in [-0.25, -0.2) is 0 Å². The molecule has 5 rings (SSSR count). The molecule has 3 heterocycles. The Bertz CT molecular complexity index is 937. The summed E-state index contributed by atoms with van der Waals surface area (Å²) in [6.07, 6.45) is 1.09. The molecule has 154 valence electrons. The zero-order valence-electron chi connectivity index (χ0n) is 16.7. The van der Waals surface area contributed by atoms with Crippen molar-refractivity contribution in [1.82, 2.24) is 4.98 Å². The topological polar surface area (TPSA) is 49.8 Å². The second-order valence-corrected chi connectivity index (χ2v) is 7.83. The zero-order chi connectivity index (χ0) is 20.2. The Morgan fingerprint density at radius 2 is 1.57 bits per heavy atom. The normalized spacial score (nSPS) is 27.4. The molecule has 2 aliphatic heterocycles. The molecule has 0 N–H and O–H groups in total. The van der Waals surface area contributed by atoms with E-state index in [1.54, 1.807) is 6.20 Å². The Hall–Kier alpha value is -2.57. The van der Waals surface area contributed by atoms with Crippen LogP contribution in [-0.4, -0.2) is 36.0 Å². The van der Waals surface area contributed by atoms with Gasteiger partial charge >= 0.3 is 0 Å². The van der Waals surface area contributed by atoms with E-state index < -0.39 is 5.60 Å². The standard InChI is InChI=1S/C25H25NO4/c1-3-9-19(10-4-1)15-27-17-25-18-29-23(22(30-25)21-13-7-8-14-26-21)24(25)28-16-20-11-5-2-6-12-20/h1-14,22-24H,15-18H2/t22-,23+,24+,25+/m1/s1. The summed E-state index contributed by atoms with van der Waals surface area (Å²) in [4.78, 5) is 4.49. The lowest BCUT2D eigenvalue weighted by Gasteiger charge is -2.31. The molecule has 1 aromatic heterocycles. The number of benzene rings is 2. The van der Waals surface area contributed by atoms with Gasteiger partial charge in [0.15, 0.2) is 0 Å². The molecule has 0 saturated carbocycles. The molecule has 5 nitrogen and oxygen atoms in total. The summed E-state index contributed by atoms with van der Waals surface area (Å²) in [5.41, 5.74) is 2.47. The summed E-state index contributed by atoms with van der Waals surface area (Å²) in [5, 5.41) is 0. The van der Waals surface area contributed by atoms with Gasteiger partial charge in [0.05, 0.1) is 32.1 Å². The fraction of sp³-hybridized carbons (Fsp3) is 0.320. The molecule has 4 atom stereocenters. The molecule has 2 fully saturated rings. The van der Waals surface area contributed by atoms with Crippen LogP contribution in [0.2, 0.25) is 0 Å². The van der Waals surface area contributed by atoms with E-state index in [1.165, 1.54) is 0 Å². The van der Waals surface area contributed by atoms with E-state index in [2.05, 4.69) is 29.2 Å². The fourth-order valence-electron chi connectivity index (χ4n) is 4.23. The number of hydrogen-bond donors (Lipinski definition) is 0. The van der Waals surface area contributed by atoms with Crippen LogP contribution in [0.1, 0.15) is 22.9 Å². The van der Waals surface area contributed by atoms with Crippen molar-refractivity contribution in [3.8, 4) is 0 Å². The van der Waals surface area contributed by atoms with E-state index in [-0.39, 0.29) is 18.3 Å². The number of nitrogens with zero attached hydrogens (tertiary/aromatic N) is 1. The molecule has 2 bridgehead atoms. The van der Waals surface area contributed by atoms with Gasteiger partial charge in [0.1, 0.15) is 23.9 Å². The summed E-state index contributed by atoms with van der Waals surface area (Å²) in [6, 6.07) is 26.2. The molecule has 0 radical (unpaired) electrons. The number of aromatic nitrogens is 1. The van der Waals surface area contributed by atoms with Crippen LogP contribution in [0.4, 0.5) is 0 Å². The van der Waals surface area contributed by atoms with Gasteiger partial charge in [-0.05, 0) is 23.3 Å². The second kappa shape index (κ2) is 8.66. The number of rotatable bonds is 8. The van der Waals surface area contributed by atoms with Crippen LogP contribution in [0, 0.1) is 0 Å². The van der Waals surface area contributed by atoms with E-state index in [0.717, 1.165) is 16.8 Å². The first kappa shape index (κ1) is 19.4.